The quantitative estimate of drug-likeness (QED) is 0.326. The first-order valence-corrected chi connectivity index (χ1v) is 8.78. The Hall–Kier alpha value is -2.08. The molecule has 0 aliphatic carbocycles. The molecule has 1 heterocycles. The number of halogens is 2. The smallest absolute Gasteiger partial charge is 0.146 e. The molecule has 8 heteroatoms. The number of benzene rings is 2. The first-order chi connectivity index (χ1) is 11.9. The zero-order valence-electron chi connectivity index (χ0n) is 12.9. The monoisotopic (exact) mass is 390 g/mol. The second-order valence-corrected chi connectivity index (χ2v) is 7.28. The van der Waals surface area contributed by atoms with Gasteiger partial charge in [-0.3, -0.25) is 0 Å². The summed E-state index contributed by atoms with van der Waals surface area (Å²) in [6.07, 6.45) is -0.0586. The average molecular weight is 391 g/mol. The van der Waals surface area contributed by atoms with Gasteiger partial charge < -0.3 is 5.11 Å². The fourth-order valence-corrected chi connectivity index (χ4v) is 4.06. The van der Waals surface area contributed by atoms with Crippen LogP contribution in [0.2, 0.25) is 10.0 Å². The predicted octanol–water partition coefficient (Wildman–Crippen LogP) is 6.05. The van der Waals surface area contributed by atoms with Crippen LogP contribution in [-0.2, 0) is 5.60 Å². The molecule has 0 fully saturated rings. The highest BCUT2D eigenvalue weighted by atomic mass is 35.5. The van der Waals surface area contributed by atoms with Gasteiger partial charge in [0, 0.05) is 32.6 Å². The molecule has 126 valence electrons. The van der Waals surface area contributed by atoms with Crippen molar-refractivity contribution >= 4 is 44.8 Å². The van der Waals surface area contributed by atoms with Crippen molar-refractivity contribution in [1.82, 2.24) is 4.98 Å². The van der Waals surface area contributed by atoms with Crippen molar-refractivity contribution in [3.8, 4) is 0 Å². The standard InChI is InChI=1S/C17H12Cl2N4OS/c1-10(22-23-20)9-17(24,12-8-11(18)6-7-13(12)19)16-21-14-4-2-3-5-15(14)25-16/h2-8,24H,1,9H2. The minimum atomic E-state index is -1.61. The van der Waals surface area contributed by atoms with Crippen molar-refractivity contribution in [2.45, 2.75) is 12.0 Å². The number of hydrogen-bond acceptors (Lipinski definition) is 4. The molecule has 1 aromatic heterocycles. The van der Waals surface area contributed by atoms with E-state index in [1.807, 2.05) is 24.3 Å². The van der Waals surface area contributed by atoms with Crippen LogP contribution in [0, 0.1) is 0 Å². The summed E-state index contributed by atoms with van der Waals surface area (Å²) in [6.45, 7) is 3.71. The molecule has 2 aromatic carbocycles. The largest absolute Gasteiger partial charge is 0.377 e. The first-order valence-electron chi connectivity index (χ1n) is 7.21. The lowest BCUT2D eigenvalue weighted by Crippen LogP contribution is -2.28. The lowest BCUT2D eigenvalue weighted by molar-refractivity contribution is 0.0809. The van der Waals surface area contributed by atoms with E-state index in [1.54, 1.807) is 18.2 Å². The highest BCUT2D eigenvalue weighted by Crippen LogP contribution is 2.43. The Morgan fingerprint density at radius 1 is 1.32 bits per heavy atom. The zero-order chi connectivity index (χ0) is 18.0. The first kappa shape index (κ1) is 17.7. The summed E-state index contributed by atoms with van der Waals surface area (Å²) in [5, 5.41) is 16.2. The SMILES string of the molecule is C=C(CC(O)(c1nc2ccccc2s1)c1cc(Cl)ccc1Cl)N=[N+]=[N-]. The van der Waals surface area contributed by atoms with Gasteiger partial charge in [0.05, 0.1) is 10.2 Å². The van der Waals surface area contributed by atoms with Gasteiger partial charge in [0.15, 0.2) is 0 Å². The molecule has 0 spiro atoms. The van der Waals surface area contributed by atoms with E-state index in [9.17, 15) is 5.11 Å². The van der Waals surface area contributed by atoms with Gasteiger partial charge in [-0.1, -0.05) is 47.0 Å². The van der Waals surface area contributed by atoms with E-state index in [-0.39, 0.29) is 12.1 Å². The fraction of sp³-hybridized carbons (Fsp3) is 0.118. The molecule has 0 aliphatic heterocycles. The van der Waals surface area contributed by atoms with Gasteiger partial charge in [0.25, 0.3) is 0 Å². The van der Waals surface area contributed by atoms with Gasteiger partial charge in [0.1, 0.15) is 10.6 Å². The number of aliphatic hydroxyl groups is 1. The van der Waals surface area contributed by atoms with E-state index in [1.165, 1.54) is 11.3 Å². The maximum absolute atomic E-state index is 11.5. The molecule has 0 aliphatic rings. The Bertz CT molecular complexity index is 980. The van der Waals surface area contributed by atoms with Crippen LogP contribution in [0.5, 0.6) is 0 Å². The van der Waals surface area contributed by atoms with E-state index in [0.29, 0.717) is 20.6 Å². The Morgan fingerprint density at radius 2 is 2.08 bits per heavy atom. The van der Waals surface area contributed by atoms with Crippen molar-refractivity contribution in [3.05, 3.63) is 85.8 Å². The van der Waals surface area contributed by atoms with E-state index in [0.717, 1.165) is 10.2 Å². The van der Waals surface area contributed by atoms with Gasteiger partial charge in [0.2, 0.25) is 0 Å². The van der Waals surface area contributed by atoms with Crippen LogP contribution in [0.1, 0.15) is 17.0 Å². The van der Waals surface area contributed by atoms with Gasteiger partial charge in [-0.05, 0) is 35.9 Å². The molecular weight excluding hydrogens is 379 g/mol. The lowest BCUT2D eigenvalue weighted by atomic mass is 9.89. The molecule has 25 heavy (non-hydrogen) atoms. The molecule has 5 nitrogen and oxygen atoms in total. The molecular formula is C17H12Cl2N4OS. The number of fused-ring (bicyclic) bond motifs is 1. The molecule has 0 radical (unpaired) electrons. The molecule has 3 aromatic rings. The Balaban J connectivity index is 2.22. The molecule has 1 N–H and O–H groups in total. The number of rotatable bonds is 5. The Morgan fingerprint density at radius 3 is 2.80 bits per heavy atom. The molecule has 0 amide bonds. The van der Waals surface area contributed by atoms with Crippen molar-refractivity contribution in [3.63, 3.8) is 0 Å². The fourth-order valence-electron chi connectivity index (χ4n) is 2.54. The maximum atomic E-state index is 11.5. The molecule has 0 bridgehead atoms. The van der Waals surface area contributed by atoms with E-state index >= 15 is 0 Å². The van der Waals surface area contributed by atoms with Crippen LogP contribution in [0.3, 0.4) is 0 Å². The Labute approximate surface area is 157 Å². The molecule has 1 unspecified atom stereocenters. The summed E-state index contributed by atoms with van der Waals surface area (Å²) in [5.74, 6) is 0. The van der Waals surface area contributed by atoms with Gasteiger partial charge in [-0.2, -0.15) is 0 Å². The summed E-state index contributed by atoms with van der Waals surface area (Å²) in [4.78, 5) is 7.26. The second kappa shape index (κ2) is 7.04. The van der Waals surface area contributed by atoms with E-state index < -0.39 is 5.60 Å². The third kappa shape index (κ3) is 3.49. The predicted molar refractivity (Wildman–Crippen MR) is 102 cm³/mol. The van der Waals surface area contributed by atoms with Gasteiger partial charge in [-0.25, -0.2) is 4.98 Å². The number of nitrogens with zero attached hydrogens (tertiary/aromatic N) is 4. The Kier molecular flexibility index (Phi) is 4.99. The molecule has 3 rings (SSSR count). The summed E-state index contributed by atoms with van der Waals surface area (Å²) in [5.41, 5.74) is 8.34. The normalized spacial score (nSPS) is 13.2. The van der Waals surface area contributed by atoms with Crippen LogP contribution >= 0.6 is 34.5 Å². The van der Waals surface area contributed by atoms with Crippen LogP contribution in [0.15, 0.2) is 59.9 Å². The van der Waals surface area contributed by atoms with Crippen LogP contribution < -0.4 is 0 Å². The van der Waals surface area contributed by atoms with Gasteiger partial charge in [-0.15, -0.1) is 11.3 Å². The van der Waals surface area contributed by atoms with Crippen LogP contribution in [-0.4, -0.2) is 10.1 Å². The zero-order valence-corrected chi connectivity index (χ0v) is 15.2. The summed E-state index contributed by atoms with van der Waals surface area (Å²) >= 11 is 13.7. The average Bonchev–Trinajstić information content (AvgIpc) is 3.02. The second-order valence-electron chi connectivity index (χ2n) is 5.40. The maximum Gasteiger partial charge on any atom is 0.146 e. The molecule has 0 saturated carbocycles. The lowest BCUT2D eigenvalue weighted by Gasteiger charge is -2.27. The number of para-hydroxylation sites is 1. The summed E-state index contributed by atoms with van der Waals surface area (Å²) in [6, 6.07) is 12.4. The number of hydrogen-bond donors (Lipinski definition) is 1. The molecule has 1 atom stereocenters. The van der Waals surface area contributed by atoms with Crippen molar-refractivity contribution < 1.29 is 5.11 Å². The highest BCUT2D eigenvalue weighted by Gasteiger charge is 2.37. The summed E-state index contributed by atoms with van der Waals surface area (Å²) in [7, 11) is 0. The van der Waals surface area contributed by atoms with Crippen molar-refractivity contribution in [2.24, 2.45) is 5.11 Å². The number of thiazole rings is 1. The molecule has 0 saturated heterocycles. The number of azide groups is 1. The number of aromatic nitrogens is 1. The van der Waals surface area contributed by atoms with Crippen molar-refractivity contribution in [1.29, 1.82) is 0 Å². The minimum Gasteiger partial charge on any atom is -0.377 e. The van der Waals surface area contributed by atoms with Crippen molar-refractivity contribution in [2.75, 3.05) is 0 Å². The highest BCUT2D eigenvalue weighted by molar-refractivity contribution is 7.18. The third-order valence-corrected chi connectivity index (χ3v) is 5.42. The van der Waals surface area contributed by atoms with Crippen LogP contribution in [0.4, 0.5) is 0 Å². The summed E-state index contributed by atoms with van der Waals surface area (Å²) < 4.78 is 0.920. The van der Waals surface area contributed by atoms with Crippen LogP contribution in [0.25, 0.3) is 20.7 Å². The van der Waals surface area contributed by atoms with E-state index in [2.05, 4.69) is 21.6 Å². The van der Waals surface area contributed by atoms with Gasteiger partial charge >= 0.3 is 0 Å². The topological polar surface area (TPSA) is 81.9 Å². The van der Waals surface area contributed by atoms with E-state index in [4.69, 9.17) is 28.7 Å². The minimum absolute atomic E-state index is 0.0586. The third-order valence-electron chi connectivity index (χ3n) is 3.67.